The van der Waals surface area contributed by atoms with Crippen LogP contribution in [0.4, 0.5) is 5.69 Å². The third-order valence-corrected chi connectivity index (χ3v) is 5.02. The number of benzene rings is 1. The molecule has 1 aromatic carbocycles. The van der Waals surface area contributed by atoms with Crippen LogP contribution in [0.15, 0.2) is 24.8 Å². The first-order chi connectivity index (χ1) is 10.5. The Morgan fingerprint density at radius 1 is 1.18 bits per heavy atom. The Labute approximate surface area is 140 Å². The zero-order valence-electron chi connectivity index (χ0n) is 14.1. The summed E-state index contributed by atoms with van der Waals surface area (Å²) in [5, 5.41) is 4.30. The molecule has 1 fully saturated rings. The van der Waals surface area contributed by atoms with E-state index in [1.165, 1.54) is 48.8 Å². The van der Waals surface area contributed by atoms with Crippen LogP contribution in [-0.2, 0) is 0 Å². The first-order valence-electron chi connectivity index (χ1n) is 8.29. The second-order valence-corrected chi connectivity index (χ2v) is 6.80. The van der Waals surface area contributed by atoms with Gasteiger partial charge in [-0.15, -0.1) is 6.58 Å². The lowest BCUT2D eigenvalue weighted by molar-refractivity contribution is 0.263. The molecule has 0 aromatic heterocycles. The number of aryl methyl sites for hydroxylation is 3. The van der Waals surface area contributed by atoms with Gasteiger partial charge in [-0.3, -0.25) is 0 Å². The molecule has 1 N–H and O–H groups in total. The summed E-state index contributed by atoms with van der Waals surface area (Å²) in [6.07, 6.45) is 8.40. The van der Waals surface area contributed by atoms with Crippen molar-refractivity contribution in [1.29, 1.82) is 0 Å². The molecule has 1 aliphatic rings. The lowest BCUT2D eigenvalue weighted by atomic mass is 9.94. The molecule has 120 valence electrons. The number of nitrogens with one attached hydrogen (secondary N) is 1. The van der Waals surface area contributed by atoms with Crippen molar-refractivity contribution in [3.05, 3.63) is 41.5 Å². The van der Waals surface area contributed by atoms with Crippen LogP contribution in [-0.4, -0.2) is 22.6 Å². The Bertz CT molecular complexity index is 545. The van der Waals surface area contributed by atoms with Gasteiger partial charge in [0.25, 0.3) is 0 Å². The molecule has 2 rings (SSSR count). The van der Waals surface area contributed by atoms with Gasteiger partial charge < -0.3 is 10.2 Å². The molecule has 0 bridgehead atoms. The van der Waals surface area contributed by atoms with Crippen molar-refractivity contribution in [3.63, 3.8) is 0 Å². The molecule has 0 radical (unpaired) electrons. The van der Waals surface area contributed by atoms with E-state index in [0.717, 1.165) is 17.3 Å². The average Bonchev–Trinajstić information content (AvgIpc) is 2.51. The number of nitrogens with zero attached hydrogens (tertiary/aromatic N) is 1. The molecule has 0 amide bonds. The van der Waals surface area contributed by atoms with E-state index in [1.54, 1.807) is 0 Å². The Morgan fingerprint density at radius 3 is 2.45 bits per heavy atom. The van der Waals surface area contributed by atoms with Crippen molar-refractivity contribution in [2.24, 2.45) is 0 Å². The fourth-order valence-electron chi connectivity index (χ4n) is 3.21. The monoisotopic (exact) mass is 316 g/mol. The van der Waals surface area contributed by atoms with Crippen molar-refractivity contribution in [2.75, 3.05) is 11.9 Å². The predicted molar refractivity (Wildman–Crippen MR) is 101 cm³/mol. The smallest absolute Gasteiger partial charge is 0.173 e. The number of rotatable bonds is 4. The second-order valence-electron chi connectivity index (χ2n) is 6.41. The van der Waals surface area contributed by atoms with Crippen molar-refractivity contribution in [1.82, 2.24) is 4.90 Å². The molecule has 0 spiro atoms. The van der Waals surface area contributed by atoms with Crippen LogP contribution in [0.3, 0.4) is 0 Å². The summed E-state index contributed by atoms with van der Waals surface area (Å²) in [7, 11) is 0. The van der Waals surface area contributed by atoms with Gasteiger partial charge in [0.2, 0.25) is 0 Å². The number of anilines is 1. The molecule has 0 atom stereocenters. The lowest BCUT2D eigenvalue weighted by Gasteiger charge is -2.36. The minimum Gasteiger partial charge on any atom is -0.342 e. The zero-order chi connectivity index (χ0) is 16.1. The van der Waals surface area contributed by atoms with Crippen molar-refractivity contribution < 1.29 is 0 Å². The van der Waals surface area contributed by atoms with E-state index in [9.17, 15) is 0 Å². The van der Waals surface area contributed by atoms with Gasteiger partial charge in [0.05, 0.1) is 0 Å². The highest BCUT2D eigenvalue weighted by Gasteiger charge is 2.22. The van der Waals surface area contributed by atoms with Gasteiger partial charge in [-0.2, -0.15) is 0 Å². The topological polar surface area (TPSA) is 15.3 Å². The van der Waals surface area contributed by atoms with Crippen molar-refractivity contribution in [2.45, 2.75) is 58.9 Å². The molecule has 22 heavy (non-hydrogen) atoms. The van der Waals surface area contributed by atoms with E-state index in [-0.39, 0.29) is 0 Å². The second kappa shape index (κ2) is 7.77. The minimum atomic E-state index is 0.554. The molecule has 0 aliphatic heterocycles. The maximum Gasteiger partial charge on any atom is 0.173 e. The number of thiocarbonyl (C=S) groups is 1. The summed E-state index contributed by atoms with van der Waals surface area (Å²) < 4.78 is 0. The maximum atomic E-state index is 5.71. The number of hydrogen-bond acceptors (Lipinski definition) is 1. The molecule has 0 unspecified atom stereocenters. The Morgan fingerprint density at radius 2 is 1.82 bits per heavy atom. The Balaban J connectivity index is 2.13. The van der Waals surface area contributed by atoms with Crippen LogP contribution in [0.2, 0.25) is 0 Å². The molecule has 0 heterocycles. The quantitative estimate of drug-likeness (QED) is 0.612. The van der Waals surface area contributed by atoms with Gasteiger partial charge in [-0.1, -0.05) is 31.4 Å². The third kappa shape index (κ3) is 4.10. The van der Waals surface area contributed by atoms with Gasteiger partial charge in [0.1, 0.15) is 0 Å². The van der Waals surface area contributed by atoms with E-state index in [4.69, 9.17) is 12.2 Å². The fraction of sp³-hybridized carbons (Fsp3) is 0.526. The van der Waals surface area contributed by atoms with Gasteiger partial charge >= 0.3 is 0 Å². The van der Waals surface area contributed by atoms with E-state index < -0.39 is 0 Å². The molecular formula is C19H28N2S. The van der Waals surface area contributed by atoms with Crippen LogP contribution in [0, 0.1) is 20.8 Å². The summed E-state index contributed by atoms with van der Waals surface area (Å²) >= 11 is 5.71. The molecule has 3 heteroatoms. The normalized spacial score (nSPS) is 15.4. The van der Waals surface area contributed by atoms with Gasteiger partial charge in [-0.05, 0) is 68.6 Å². The molecule has 1 saturated carbocycles. The molecule has 2 nitrogen and oxygen atoms in total. The zero-order valence-corrected chi connectivity index (χ0v) is 14.9. The van der Waals surface area contributed by atoms with Crippen LogP contribution < -0.4 is 5.32 Å². The highest BCUT2D eigenvalue weighted by molar-refractivity contribution is 7.80. The van der Waals surface area contributed by atoms with E-state index >= 15 is 0 Å². The van der Waals surface area contributed by atoms with Crippen LogP contribution in [0.25, 0.3) is 0 Å². The summed E-state index contributed by atoms with van der Waals surface area (Å²) in [4.78, 5) is 2.32. The molecule has 1 aromatic rings. The molecular weight excluding hydrogens is 288 g/mol. The lowest BCUT2D eigenvalue weighted by Crippen LogP contribution is -2.43. The van der Waals surface area contributed by atoms with E-state index in [2.05, 4.69) is 49.7 Å². The summed E-state index contributed by atoms with van der Waals surface area (Å²) in [5.41, 5.74) is 4.98. The summed E-state index contributed by atoms with van der Waals surface area (Å²) in [6, 6.07) is 4.97. The molecule has 1 aliphatic carbocycles. The summed E-state index contributed by atoms with van der Waals surface area (Å²) in [5.74, 6) is 0. The third-order valence-electron chi connectivity index (χ3n) is 4.68. The van der Waals surface area contributed by atoms with Gasteiger partial charge in [0, 0.05) is 18.3 Å². The van der Waals surface area contributed by atoms with Gasteiger partial charge in [0.15, 0.2) is 5.11 Å². The Hall–Kier alpha value is -1.35. The highest BCUT2D eigenvalue weighted by atomic mass is 32.1. The first kappa shape index (κ1) is 17.0. The van der Waals surface area contributed by atoms with Crippen molar-refractivity contribution in [3.8, 4) is 0 Å². The van der Waals surface area contributed by atoms with E-state index in [0.29, 0.717) is 6.04 Å². The first-order valence-corrected chi connectivity index (χ1v) is 8.70. The minimum absolute atomic E-state index is 0.554. The number of hydrogen-bond donors (Lipinski definition) is 1. The summed E-state index contributed by atoms with van der Waals surface area (Å²) in [6.45, 7) is 11.1. The van der Waals surface area contributed by atoms with Crippen molar-refractivity contribution >= 4 is 23.0 Å². The molecule has 0 saturated heterocycles. The van der Waals surface area contributed by atoms with Crippen LogP contribution in [0.5, 0.6) is 0 Å². The SMILES string of the molecule is C=CCN(C(=S)Nc1cc(C)c(C)cc1C)C1CCCCC1. The standard InChI is InChI=1S/C19H28N2S/c1-5-11-21(17-9-7-6-8-10-17)19(22)20-18-13-15(3)14(2)12-16(18)4/h5,12-13,17H,1,6-11H2,2-4H3,(H,20,22). The average molecular weight is 317 g/mol. The van der Waals surface area contributed by atoms with Crippen LogP contribution in [0.1, 0.15) is 48.8 Å². The van der Waals surface area contributed by atoms with Gasteiger partial charge in [-0.25, -0.2) is 0 Å². The highest BCUT2D eigenvalue weighted by Crippen LogP contribution is 2.25. The maximum absolute atomic E-state index is 5.71. The van der Waals surface area contributed by atoms with Crippen LogP contribution >= 0.6 is 12.2 Å². The fourth-order valence-corrected chi connectivity index (χ4v) is 3.55. The predicted octanol–water partition coefficient (Wildman–Crippen LogP) is 5.13. The van der Waals surface area contributed by atoms with E-state index in [1.807, 2.05) is 6.08 Å². The largest absolute Gasteiger partial charge is 0.342 e. The Kier molecular flexibility index (Phi) is 6.01.